The number of thiocarbonyl (C=S) groups is 1. The molecular formula is C14H22N2O3S2. The molecule has 0 fully saturated rings. The summed E-state index contributed by atoms with van der Waals surface area (Å²) in [6, 6.07) is 6.91. The SMILES string of the molecule is CCCCN(CCO)S(=O)(=O)Cc1cccc(C(N)=S)c1. The molecule has 0 amide bonds. The first-order chi connectivity index (χ1) is 9.90. The molecule has 0 aliphatic rings. The summed E-state index contributed by atoms with van der Waals surface area (Å²) >= 11 is 4.90. The molecule has 1 aromatic carbocycles. The van der Waals surface area contributed by atoms with Crippen molar-refractivity contribution >= 4 is 27.2 Å². The van der Waals surface area contributed by atoms with Crippen molar-refractivity contribution in [2.24, 2.45) is 5.73 Å². The Kier molecular flexibility index (Phi) is 7.24. The van der Waals surface area contributed by atoms with Crippen LogP contribution in [0.1, 0.15) is 30.9 Å². The van der Waals surface area contributed by atoms with E-state index in [1.165, 1.54) is 4.31 Å². The van der Waals surface area contributed by atoms with Crippen LogP contribution in [0, 0.1) is 0 Å². The molecule has 0 aliphatic heterocycles. The van der Waals surface area contributed by atoms with Crippen molar-refractivity contribution in [1.82, 2.24) is 4.31 Å². The quantitative estimate of drug-likeness (QED) is 0.666. The summed E-state index contributed by atoms with van der Waals surface area (Å²) in [6.07, 6.45) is 1.67. The zero-order chi connectivity index (χ0) is 15.9. The van der Waals surface area contributed by atoms with Crippen LogP contribution < -0.4 is 5.73 Å². The maximum absolute atomic E-state index is 12.4. The van der Waals surface area contributed by atoms with Gasteiger partial charge in [0.15, 0.2) is 0 Å². The lowest BCUT2D eigenvalue weighted by molar-refractivity contribution is 0.252. The Hall–Kier alpha value is -1.02. The normalized spacial score (nSPS) is 11.8. The second-order valence-corrected chi connectivity index (χ2v) is 7.21. The van der Waals surface area contributed by atoms with E-state index < -0.39 is 10.0 Å². The number of sulfonamides is 1. The minimum absolute atomic E-state index is 0.118. The molecule has 0 saturated carbocycles. The molecule has 0 bridgehead atoms. The fourth-order valence-corrected chi connectivity index (χ4v) is 3.63. The topological polar surface area (TPSA) is 83.6 Å². The van der Waals surface area contributed by atoms with Gasteiger partial charge in [-0.2, -0.15) is 4.31 Å². The van der Waals surface area contributed by atoms with E-state index in [0.717, 1.165) is 12.8 Å². The predicted molar refractivity (Wildman–Crippen MR) is 88.5 cm³/mol. The van der Waals surface area contributed by atoms with Crippen molar-refractivity contribution in [3.05, 3.63) is 35.4 Å². The Morgan fingerprint density at radius 1 is 1.38 bits per heavy atom. The monoisotopic (exact) mass is 330 g/mol. The third-order valence-electron chi connectivity index (χ3n) is 3.06. The van der Waals surface area contributed by atoms with Crippen LogP contribution in [0.15, 0.2) is 24.3 Å². The molecule has 0 atom stereocenters. The van der Waals surface area contributed by atoms with Crippen LogP contribution in [-0.2, 0) is 15.8 Å². The summed E-state index contributed by atoms with van der Waals surface area (Å²) < 4.78 is 26.2. The first-order valence-electron chi connectivity index (χ1n) is 6.88. The number of hydrogen-bond donors (Lipinski definition) is 2. The summed E-state index contributed by atoms with van der Waals surface area (Å²) in [6.45, 7) is 2.36. The molecular weight excluding hydrogens is 308 g/mol. The molecule has 7 heteroatoms. The van der Waals surface area contributed by atoms with Gasteiger partial charge < -0.3 is 10.8 Å². The lowest BCUT2D eigenvalue weighted by Crippen LogP contribution is -2.35. The highest BCUT2D eigenvalue weighted by atomic mass is 32.2. The second-order valence-electron chi connectivity index (χ2n) is 4.80. The van der Waals surface area contributed by atoms with Crippen LogP contribution >= 0.6 is 12.2 Å². The fourth-order valence-electron chi connectivity index (χ4n) is 1.95. The number of aliphatic hydroxyl groups excluding tert-OH is 1. The Bertz CT molecular complexity index is 573. The van der Waals surface area contributed by atoms with Crippen LogP contribution in [0.2, 0.25) is 0 Å². The molecule has 0 spiro atoms. The van der Waals surface area contributed by atoms with Gasteiger partial charge in [0.05, 0.1) is 12.4 Å². The van der Waals surface area contributed by atoms with Gasteiger partial charge in [0, 0.05) is 18.7 Å². The van der Waals surface area contributed by atoms with Crippen molar-refractivity contribution < 1.29 is 13.5 Å². The average molecular weight is 330 g/mol. The van der Waals surface area contributed by atoms with Gasteiger partial charge in [-0.3, -0.25) is 0 Å². The summed E-state index contributed by atoms with van der Waals surface area (Å²) in [5.74, 6) is -0.118. The van der Waals surface area contributed by atoms with Crippen molar-refractivity contribution in [2.75, 3.05) is 19.7 Å². The maximum Gasteiger partial charge on any atom is 0.218 e. The number of benzene rings is 1. The third kappa shape index (κ3) is 5.70. The molecule has 0 saturated heterocycles. The summed E-state index contributed by atoms with van der Waals surface area (Å²) in [7, 11) is -3.46. The van der Waals surface area contributed by atoms with Crippen molar-refractivity contribution in [1.29, 1.82) is 0 Å². The first-order valence-corrected chi connectivity index (χ1v) is 8.90. The molecule has 0 aromatic heterocycles. The van der Waals surface area contributed by atoms with Gasteiger partial charge in [-0.1, -0.05) is 43.8 Å². The van der Waals surface area contributed by atoms with Gasteiger partial charge in [-0.15, -0.1) is 0 Å². The van der Waals surface area contributed by atoms with E-state index in [-0.39, 0.29) is 23.9 Å². The van der Waals surface area contributed by atoms with E-state index in [2.05, 4.69) is 0 Å². The van der Waals surface area contributed by atoms with Gasteiger partial charge in [0.2, 0.25) is 10.0 Å². The van der Waals surface area contributed by atoms with Crippen LogP contribution in [0.25, 0.3) is 0 Å². The van der Waals surface area contributed by atoms with Crippen LogP contribution in [-0.4, -0.2) is 42.5 Å². The molecule has 0 heterocycles. The highest BCUT2D eigenvalue weighted by Crippen LogP contribution is 2.13. The van der Waals surface area contributed by atoms with E-state index in [4.69, 9.17) is 23.1 Å². The van der Waals surface area contributed by atoms with Gasteiger partial charge in [0.1, 0.15) is 4.99 Å². The molecule has 118 valence electrons. The molecule has 5 nitrogen and oxygen atoms in total. The lowest BCUT2D eigenvalue weighted by Gasteiger charge is -2.21. The zero-order valence-electron chi connectivity index (χ0n) is 12.2. The van der Waals surface area contributed by atoms with Crippen molar-refractivity contribution in [3.8, 4) is 0 Å². The van der Waals surface area contributed by atoms with Gasteiger partial charge >= 0.3 is 0 Å². The maximum atomic E-state index is 12.4. The summed E-state index contributed by atoms with van der Waals surface area (Å²) in [5, 5.41) is 9.04. The third-order valence-corrected chi connectivity index (χ3v) is 5.15. The molecule has 0 aliphatic carbocycles. The number of nitrogens with two attached hydrogens (primary N) is 1. The first kappa shape index (κ1) is 18.0. The average Bonchev–Trinajstić information content (AvgIpc) is 2.43. The van der Waals surface area contributed by atoms with E-state index >= 15 is 0 Å². The molecule has 0 radical (unpaired) electrons. The van der Waals surface area contributed by atoms with Crippen LogP contribution in [0.3, 0.4) is 0 Å². The minimum Gasteiger partial charge on any atom is -0.395 e. The van der Waals surface area contributed by atoms with E-state index in [1.807, 2.05) is 6.92 Å². The molecule has 3 N–H and O–H groups in total. The number of aliphatic hydroxyl groups is 1. The lowest BCUT2D eigenvalue weighted by atomic mass is 10.1. The molecule has 21 heavy (non-hydrogen) atoms. The van der Waals surface area contributed by atoms with Crippen molar-refractivity contribution in [3.63, 3.8) is 0 Å². The predicted octanol–water partition coefficient (Wildman–Crippen LogP) is 1.24. The highest BCUT2D eigenvalue weighted by Gasteiger charge is 2.21. The number of hydrogen-bond acceptors (Lipinski definition) is 4. The van der Waals surface area contributed by atoms with E-state index in [9.17, 15) is 8.42 Å². The number of unbranched alkanes of at least 4 members (excludes halogenated alkanes) is 1. The Balaban J connectivity index is 2.91. The van der Waals surface area contributed by atoms with Crippen LogP contribution in [0.4, 0.5) is 0 Å². The van der Waals surface area contributed by atoms with E-state index in [1.54, 1.807) is 24.3 Å². The van der Waals surface area contributed by atoms with Gasteiger partial charge in [-0.25, -0.2) is 8.42 Å². The molecule has 1 rings (SSSR count). The molecule has 1 aromatic rings. The summed E-state index contributed by atoms with van der Waals surface area (Å²) in [5.41, 5.74) is 6.85. The smallest absolute Gasteiger partial charge is 0.218 e. The number of rotatable bonds is 9. The van der Waals surface area contributed by atoms with E-state index in [0.29, 0.717) is 17.7 Å². The van der Waals surface area contributed by atoms with Crippen molar-refractivity contribution in [2.45, 2.75) is 25.5 Å². The summed E-state index contributed by atoms with van der Waals surface area (Å²) in [4.78, 5) is 0.243. The fraction of sp³-hybridized carbons (Fsp3) is 0.500. The highest BCUT2D eigenvalue weighted by molar-refractivity contribution is 7.88. The Morgan fingerprint density at radius 2 is 2.10 bits per heavy atom. The van der Waals surface area contributed by atoms with Gasteiger partial charge in [0.25, 0.3) is 0 Å². The minimum atomic E-state index is -3.46. The Morgan fingerprint density at radius 3 is 2.67 bits per heavy atom. The number of nitrogens with zero attached hydrogens (tertiary/aromatic N) is 1. The Labute approximate surface area is 131 Å². The largest absolute Gasteiger partial charge is 0.395 e. The van der Waals surface area contributed by atoms with Gasteiger partial charge in [-0.05, 0) is 18.1 Å². The second kappa shape index (κ2) is 8.43. The standard InChI is InChI=1S/C14H22N2O3S2/c1-2-3-7-16(8-9-17)21(18,19)11-12-5-4-6-13(10-12)14(15)20/h4-6,10,17H,2-3,7-9,11H2,1H3,(H2,15,20). The zero-order valence-corrected chi connectivity index (χ0v) is 13.8. The van der Waals surface area contributed by atoms with Crippen LogP contribution in [0.5, 0.6) is 0 Å². The molecule has 0 unspecified atom stereocenters.